The predicted octanol–water partition coefficient (Wildman–Crippen LogP) is 5.91. The van der Waals surface area contributed by atoms with Gasteiger partial charge in [0, 0.05) is 35.6 Å². The number of carbonyl (C=O) groups excluding carboxylic acids is 1. The Hall–Kier alpha value is -2.10. The van der Waals surface area contributed by atoms with Crippen LogP contribution in [0.1, 0.15) is 87.2 Å². The fraction of sp³-hybridized carbons (Fsp3) is 0.583. The third-order valence-corrected chi connectivity index (χ3v) is 6.29. The van der Waals surface area contributed by atoms with Gasteiger partial charge in [0.2, 0.25) is 0 Å². The molecule has 1 heterocycles. The molecule has 4 heteroatoms. The third-order valence-electron chi connectivity index (χ3n) is 6.29. The SMILES string of the molecule is CCCCCCCCc1c(C(=O)CC2(CC(=O)O)CC2)c2ccccc2n1C. The molecule has 0 spiro atoms. The predicted molar refractivity (Wildman–Crippen MR) is 113 cm³/mol. The van der Waals surface area contributed by atoms with Crippen molar-refractivity contribution in [3.8, 4) is 0 Å². The van der Waals surface area contributed by atoms with E-state index in [1.54, 1.807) is 0 Å². The number of carboxylic acid groups (broad SMARTS) is 1. The first-order chi connectivity index (χ1) is 13.5. The highest BCUT2D eigenvalue weighted by molar-refractivity contribution is 6.10. The molecule has 1 N–H and O–H groups in total. The van der Waals surface area contributed by atoms with Gasteiger partial charge in [-0.05, 0) is 37.2 Å². The quantitative estimate of drug-likeness (QED) is 0.366. The fourth-order valence-electron chi connectivity index (χ4n) is 4.47. The summed E-state index contributed by atoms with van der Waals surface area (Å²) in [5, 5.41) is 10.2. The minimum atomic E-state index is -0.796. The fourth-order valence-corrected chi connectivity index (χ4v) is 4.47. The summed E-state index contributed by atoms with van der Waals surface area (Å²) in [5.74, 6) is -0.674. The second kappa shape index (κ2) is 8.93. The van der Waals surface area contributed by atoms with Gasteiger partial charge in [-0.15, -0.1) is 0 Å². The van der Waals surface area contributed by atoms with E-state index in [1.165, 1.54) is 32.1 Å². The van der Waals surface area contributed by atoms with E-state index in [9.17, 15) is 14.7 Å². The zero-order chi connectivity index (χ0) is 20.1. The summed E-state index contributed by atoms with van der Waals surface area (Å²) in [6.07, 6.45) is 10.4. The molecule has 0 radical (unpaired) electrons. The molecule has 4 nitrogen and oxygen atoms in total. The zero-order valence-corrected chi connectivity index (χ0v) is 17.3. The van der Waals surface area contributed by atoms with Gasteiger partial charge in [0.25, 0.3) is 0 Å². The molecule has 1 aromatic carbocycles. The Balaban J connectivity index is 1.79. The number of carbonyl (C=O) groups is 2. The van der Waals surface area contributed by atoms with E-state index in [-0.39, 0.29) is 17.6 Å². The minimum absolute atomic E-state index is 0.107. The van der Waals surface area contributed by atoms with Crippen molar-refractivity contribution in [2.24, 2.45) is 12.5 Å². The monoisotopic (exact) mass is 383 g/mol. The lowest BCUT2D eigenvalue weighted by Gasteiger charge is -2.13. The van der Waals surface area contributed by atoms with Crippen LogP contribution < -0.4 is 0 Å². The van der Waals surface area contributed by atoms with Gasteiger partial charge < -0.3 is 9.67 Å². The first-order valence-electron chi connectivity index (χ1n) is 10.8. The van der Waals surface area contributed by atoms with E-state index in [2.05, 4.69) is 24.6 Å². The first kappa shape index (κ1) is 20.6. The molecule has 0 unspecified atom stereocenters. The van der Waals surface area contributed by atoms with Gasteiger partial charge in [-0.25, -0.2) is 0 Å². The Morgan fingerprint density at radius 2 is 1.71 bits per heavy atom. The van der Waals surface area contributed by atoms with Gasteiger partial charge in [0.05, 0.1) is 6.42 Å². The molecule has 152 valence electrons. The van der Waals surface area contributed by atoms with E-state index in [1.807, 2.05) is 18.2 Å². The van der Waals surface area contributed by atoms with Crippen molar-refractivity contribution in [1.82, 2.24) is 4.57 Å². The number of para-hydroxylation sites is 1. The molecule has 1 aliphatic carbocycles. The van der Waals surface area contributed by atoms with Crippen LogP contribution in [0.3, 0.4) is 0 Å². The Morgan fingerprint density at radius 3 is 2.39 bits per heavy atom. The summed E-state index contributed by atoms with van der Waals surface area (Å²) in [7, 11) is 2.05. The summed E-state index contributed by atoms with van der Waals surface area (Å²) in [6, 6.07) is 8.10. The molecule has 1 fully saturated rings. The maximum absolute atomic E-state index is 13.3. The molecule has 0 amide bonds. The van der Waals surface area contributed by atoms with Crippen LogP contribution in [-0.4, -0.2) is 21.4 Å². The summed E-state index contributed by atoms with van der Waals surface area (Å²) >= 11 is 0. The van der Waals surface area contributed by atoms with Crippen LogP contribution >= 0.6 is 0 Å². The van der Waals surface area contributed by atoms with Crippen LogP contribution in [-0.2, 0) is 18.3 Å². The van der Waals surface area contributed by atoms with Crippen LogP contribution in [0.25, 0.3) is 10.9 Å². The number of unbranched alkanes of at least 4 members (excludes halogenated alkanes) is 5. The van der Waals surface area contributed by atoms with Gasteiger partial charge in [-0.3, -0.25) is 9.59 Å². The second-order valence-electron chi connectivity index (χ2n) is 8.59. The van der Waals surface area contributed by atoms with E-state index >= 15 is 0 Å². The van der Waals surface area contributed by atoms with E-state index < -0.39 is 5.97 Å². The highest BCUT2D eigenvalue weighted by Gasteiger charge is 2.46. The molecule has 1 aromatic heterocycles. The van der Waals surface area contributed by atoms with Crippen molar-refractivity contribution in [2.45, 2.75) is 77.6 Å². The highest BCUT2D eigenvalue weighted by Crippen LogP contribution is 2.52. The number of benzene rings is 1. The Kier molecular flexibility index (Phi) is 6.58. The maximum atomic E-state index is 13.3. The number of fused-ring (bicyclic) bond motifs is 1. The number of Topliss-reactive ketones (excluding diaryl/α,β-unsaturated/α-hetero) is 1. The topological polar surface area (TPSA) is 59.3 Å². The van der Waals surface area contributed by atoms with Crippen molar-refractivity contribution in [3.63, 3.8) is 0 Å². The van der Waals surface area contributed by atoms with E-state index in [0.29, 0.717) is 6.42 Å². The van der Waals surface area contributed by atoms with Crippen molar-refractivity contribution in [2.75, 3.05) is 0 Å². The van der Waals surface area contributed by atoms with Crippen molar-refractivity contribution < 1.29 is 14.7 Å². The maximum Gasteiger partial charge on any atom is 0.303 e. The van der Waals surface area contributed by atoms with E-state index in [0.717, 1.165) is 47.8 Å². The van der Waals surface area contributed by atoms with Gasteiger partial charge in [-0.2, -0.15) is 0 Å². The van der Waals surface area contributed by atoms with Gasteiger partial charge >= 0.3 is 5.97 Å². The number of hydrogen-bond donors (Lipinski definition) is 1. The minimum Gasteiger partial charge on any atom is -0.481 e. The van der Waals surface area contributed by atoms with Crippen LogP contribution in [0.5, 0.6) is 0 Å². The number of hydrogen-bond acceptors (Lipinski definition) is 2. The van der Waals surface area contributed by atoms with Gasteiger partial charge in [0.1, 0.15) is 0 Å². The van der Waals surface area contributed by atoms with Crippen LogP contribution in [0.15, 0.2) is 24.3 Å². The molecule has 1 aliphatic rings. The van der Waals surface area contributed by atoms with Crippen LogP contribution in [0.4, 0.5) is 0 Å². The smallest absolute Gasteiger partial charge is 0.303 e. The first-order valence-corrected chi connectivity index (χ1v) is 10.8. The number of aryl methyl sites for hydroxylation is 1. The van der Waals surface area contributed by atoms with Gasteiger partial charge in [0.15, 0.2) is 5.78 Å². The Morgan fingerprint density at radius 1 is 1.04 bits per heavy atom. The molecule has 0 saturated heterocycles. The molecule has 2 aromatic rings. The lowest BCUT2D eigenvalue weighted by molar-refractivity contribution is -0.138. The molecule has 3 rings (SSSR count). The summed E-state index contributed by atoms with van der Waals surface area (Å²) in [6.45, 7) is 2.23. The summed E-state index contributed by atoms with van der Waals surface area (Å²) < 4.78 is 2.17. The Bertz CT molecular complexity index is 845. The average molecular weight is 384 g/mol. The lowest BCUT2D eigenvalue weighted by atomic mass is 9.90. The highest BCUT2D eigenvalue weighted by atomic mass is 16.4. The second-order valence-corrected chi connectivity index (χ2v) is 8.59. The standard InChI is InChI=1S/C24H33NO3/c1-3-4-5-6-7-8-13-20-23(18-11-9-10-12-19(18)25(20)2)21(26)16-24(14-15-24)17-22(27)28/h9-12H,3-8,13-17H2,1-2H3,(H,27,28). The number of aromatic nitrogens is 1. The van der Waals surface area contributed by atoms with E-state index in [4.69, 9.17) is 0 Å². The largest absolute Gasteiger partial charge is 0.481 e. The molecular formula is C24H33NO3. The lowest BCUT2D eigenvalue weighted by Crippen LogP contribution is -2.15. The number of ketones is 1. The summed E-state index contributed by atoms with van der Waals surface area (Å²) in [5.41, 5.74) is 2.74. The zero-order valence-electron chi connectivity index (χ0n) is 17.3. The number of carboxylic acids is 1. The molecular weight excluding hydrogens is 350 g/mol. The molecule has 28 heavy (non-hydrogen) atoms. The molecule has 1 saturated carbocycles. The summed E-state index contributed by atoms with van der Waals surface area (Å²) in [4.78, 5) is 24.5. The van der Waals surface area contributed by atoms with Gasteiger partial charge in [-0.1, -0.05) is 57.2 Å². The molecule has 0 atom stereocenters. The van der Waals surface area contributed by atoms with Crippen molar-refractivity contribution in [3.05, 3.63) is 35.5 Å². The molecule has 0 bridgehead atoms. The number of aliphatic carboxylic acids is 1. The van der Waals surface area contributed by atoms with Crippen LogP contribution in [0, 0.1) is 5.41 Å². The average Bonchev–Trinajstić information content (AvgIpc) is 3.34. The normalized spacial score (nSPS) is 15.1. The third kappa shape index (κ3) is 4.65. The Labute approximate surface area is 167 Å². The number of rotatable bonds is 12. The number of nitrogens with zero attached hydrogens (tertiary/aromatic N) is 1. The van der Waals surface area contributed by atoms with Crippen molar-refractivity contribution in [1.29, 1.82) is 0 Å². The molecule has 0 aliphatic heterocycles. The van der Waals surface area contributed by atoms with Crippen molar-refractivity contribution >= 4 is 22.7 Å². The van der Waals surface area contributed by atoms with Crippen LogP contribution in [0.2, 0.25) is 0 Å².